The molecule has 0 spiro atoms. The van der Waals surface area contributed by atoms with Crippen LogP contribution in [0.3, 0.4) is 0 Å². The van der Waals surface area contributed by atoms with E-state index in [4.69, 9.17) is 5.73 Å². The van der Waals surface area contributed by atoms with Gasteiger partial charge in [-0.2, -0.15) is 5.10 Å². The number of nitrogens with zero attached hydrogens (tertiary/aromatic N) is 2. The fraction of sp³-hybridized carbons (Fsp3) is 0.200. The van der Waals surface area contributed by atoms with Crippen molar-refractivity contribution in [2.75, 3.05) is 6.54 Å². The molecular weight excluding hydrogens is 284 g/mol. The van der Waals surface area contributed by atoms with Crippen molar-refractivity contribution < 1.29 is 9.59 Å². The fourth-order valence-electron chi connectivity index (χ4n) is 1.82. The third kappa shape index (κ3) is 4.02. The molecule has 2 aromatic rings. The van der Waals surface area contributed by atoms with Crippen LogP contribution >= 0.6 is 0 Å². The molecule has 0 aliphatic rings. The molecule has 114 valence electrons. The Kier molecular flexibility index (Phi) is 4.67. The summed E-state index contributed by atoms with van der Waals surface area (Å²) in [5.41, 5.74) is 7.08. The lowest BCUT2D eigenvalue weighted by molar-refractivity contribution is -0.125. The van der Waals surface area contributed by atoms with Crippen LogP contribution in [0.1, 0.15) is 5.56 Å². The summed E-state index contributed by atoms with van der Waals surface area (Å²) in [5, 5.41) is 6.48. The number of nitrogens with two attached hydrogens (primary N) is 1. The van der Waals surface area contributed by atoms with Gasteiger partial charge in [0.25, 0.3) is 5.56 Å². The minimum Gasteiger partial charge on any atom is -0.368 e. The average molecular weight is 300 g/mol. The number of aryl methyl sites for hydroxylation is 1. The third-order valence-electron chi connectivity index (χ3n) is 2.97. The van der Waals surface area contributed by atoms with E-state index in [-0.39, 0.29) is 13.1 Å². The second-order valence-electron chi connectivity index (χ2n) is 4.82. The number of aromatic nitrogens is 2. The number of rotatable bonds is 5. The standard InChI is InChI=1S/C15H16N4O3/c1-10-2-4-11(5-3-10)12-6-7-15(22)19(18-12)9-14(21)17-8-13(16)20/h2-7H,8-9H2,1H3,(H2,16,20)(H,17,21). The van der Waals surface area contributed by atoms with E-state index < -0.39 is 17.4 Å². The Bertz CT molecular complexity index is 750. The zero-order valence-corrected chi connectivity index (χ0v) is 12.1. The first-order valence-corrected chi connectivity index (χ1v) is 6.66. The lowest BCUT2D eigenvalue weighted by Crippen LogP contribution is -2.38. The van der Waals surface area contributed by atoms with E-state index in [0.717, 1.165) is 15.8 Å². The molecule has 0 aliphatic carbocycles. The normalized spacial score (nSPS) is 10.2. The molecule has 2 amide bonds. The lowest BCUT2D eigenvalue weighted by Gasteiger charge is -2.07. The van der Waals surface area contributed by atoms with Gasteiger partial charge in [0.15, 0.2) is 0 Å². The van der Waals surface area contributed by atoms with E-state index in [9.17, 15) is 14.4 Å². The van der Waals surface area contributed by atoms with Crippen LogP contribution in [-0.2, 0) is 16.1 Å². The summed E-state index contributed by atoms with van der Waals surface area (Å²) >= 11 is 0. The van der Waals surface area contributed by atoms with Crippen LogP contribution in [0.2, 0.25) is 0 Å². The Hall–Kier alpha value is -2.96. The third-order valence-corrected chi connectivity index (χ3v) is 2.97. The van der Waals surface area contributed by atoms with Gasteiger partial charge >= 0.3 is 0 Å². The van der Waals surface area contributed by atoms with Crippen LogP contribution in [0.25, 0.3) is 11.3 Å². The monoisotopic (exact) mass is 300 g/mol. The summed E-state index contributed by atoms with van der Waals surface area (Å²) in [6.45, 7) is 1.43. The van der Waals surface area contributed by atoms with Gasteiger partial charge in [0.1, 0.15) is 6.54 Å². The number of benzene rings is 1. The predicted molar refractivity (Wildman–Crippen MR) is 80.9 cm³/mol. The smallest absolute Gasteiger partial charge is 0.267 e. The molecule has 0 atom stereocenters. The quantitative estimate of drug-likeness (QED) is 0.798. The molecule has 1 heterocycles. The second-order valence-corrected chi connectivity index (χ2v) is 4.82. The number of primary amides is 1. The topological polar surface area (TPSA) is 107 Å². The molecule has 7 heteroatoms. The van der Waals surface area contributed by atoms with Crippen molar-refractivity contribution in [2.24, 2.45) is 5.73 Å². The maximum atomic E-state index is 11.8. The fourth-order valence-corrected chi connectivity index (χ4v) is 1.82. The summed E-state index contributed by atoms with van der Waals surface area (Å²) in [4.78, 5) is 34.0. The van der Waals surface area contributed by atoms with Gasteiger partial charge in [0.2, 0.25) is 11.8 Å². The first-order valence-electron chi connectivity index (χ1n) is 6.66. The molecule has 3 N–H and O–H groups in total. The van der Waals surface area contributed by atoms with Crippen LogP contribution in [0.5, 0.6) is 0 Å². The van der Waals surface area contributed by atoms with Gasteiger partial charge in [-0.15, -0.1) is 0 Å². The Morgan fingerprint density at radius 3 is 2.50 bits per heavy atom. The second kappa shape index (κ2) is 6.66. The predicted octanol–water partition coefficient (Wildman–Crippen LogP) is -0.180. The SMILES string of the molecule is Cc1ccc(-c2ccc(=O)n(CC(=O)NCC(N)=O)n2)cc1. The van der Waals surface area contributed by atoms with E-state index in [1.54, 1.807) is 6.07 Å². The summed E-state index contributed by atoms with van der Waals surface area (Å²) in [6, 6.07) is 10.6. The molecule has 0 saturated heterocycles. The van der Waals surface area contributed by atoms with Gasteiger partial charge in [0.05, 0.1) is 12.2 Å². The van der Waals surface area contributed by atoms with Crippen LogP contribution in [-0.4, -0.2) is 28.1 Å². The largest absolute Gasteiger partial charge is 0.368 e. The van der Waals surface area contributed by atoms with Crippen molar-refractivity contribution in [1.82, 2.24) is 15.1 Å². The van der Waals surface area contributed by atoms with Crippen LogP contribution in [0.15, 0.2) is 41.2 Å². The lowest BCUT2D eigenvalue weighted by atomic mass is 10.1. The van der Waals surface area contributed by atoms with Gasteiger partial charge in [0, 0.05) is 11.6 Å². The highest BCUT2D eigenvalue weighted by atomic mass is 16.2. The van der Waals surface area contributed by atoms with E-state index >= 15 is 0 Å². The van der Waals surface area contributed by atoms with E-state index in [1.165, 1.54) is 6.07 Å². The molecule has 7 nitrogen and oxygen atoms in total. The molecular formula is C15H16N4O3. The molecule has 0 fully saturated rings. The molecule has 1 aromatic carbocycles. The Balaban J connectivity index is 2.20. The Morgan fingerprint density at radius 1 is 1.18 bits per heavy atom. The Labute approximate surface area is 126 Å². The highest BCUT2D eigenvalue weighted by molar-refractivity contribution is 5.83. The van der Waals surface area contributed by atoms with Crippen LogP contribution in [0, 0.1) is 6.92 Å². The minimum atomic E-state index is -0.651. The molecule has 0 saturated carbocycles. The molecule has 1 aromatic heterocycles. The van der Waals surface area contributed by atoms with Crippen molar-refractivity contribution in [1.29, 1.82) is 0 Å². The van der Waals surface area contributed by atoms with Crippen molar-refractivity contribution in [3.8, 4) is 11.3 Å². The summed E-state index contributed by atoms with van der Waals surface area (Å²) < 4.78 is 1.05. The first kappa shape index (κ1) is 15.4. The number of amides is 2. The minimum absolute atomic E-state index is 0.272. The zero-order chi connectivity index (χ0) is 16.1. The molecule has 0 bridgehead atoms. The van der Waals surface area contributed by atoms with Gasteiger partial charge < -0.3 is 11.1 Å². The molecule has 22 heavy (non-hydrogen) atoms. The number of carbonyl (C=O) groups is 2. The molecule has 0 aliphatic heterocycles. The van der Waals surface area contributed by atoms with Gasteiger partial charge in [-0.1, -0.05) is 29.8 Å². The average Bonchev–Trinajstić information content (AvgIpc) is 2.48. The highest BCUT2D eigenvalue weighted by Gasteiger charge is 2.08. The van der Waals surface area contributed by atoms with E-state index in [2.05, 4.69) is 10.4 Å². The summed E-state index contributed by atoms with van der Waals surface area (Å²) in [5.74, 6) is -1.16. The number of carbonyl (C=O) groups excluding carboxylic acids is 2. The maximum absolute atomic E-state index is 11.8. The number of nitrogens with one attached hydrogen (secondary N) is 1. The summed E-state index contributed by atoms with van der Waals surface area (Å²) in [6.07, 6.45) is 0. The maximum Gasteiger partial charge on any atom is 0.267 e. The number of hydrogen-bond donors (Lipinski definition) is 2. The number of hydrogen-bond acceptors (Lipinski definition) is 4. The highest BCUT2D eigenvalue weighted by Crippen LogP contribution is 2.15. The van der Waals surface area contributed by atoms with Crippen LogP contribution in [0.4, 0.5) is 0 Å². The van der Waals surface area contributed by atoms with Gasteiger partial charge in [-0.25, -0.2) is 4.68 Å². The van der Waals surface area contributed by atoms with Gasteiger partial charge in [-0.05, 0) is 13.0 Å². The zero-order valence-electron chi connectivity index (χ0n) is 12.1. The van der Waals surface area contributed by atoms with E-state index in [1.807, 2.05) is 31.2 Å². The van der Waals surface area contributed by atoms with Crippen molar-refractivity contribution in [3.63, 3.8) is 0 Å². The Morgan fingerprint density at radius 2 is 1.86 bits per heavy atom. The van der Waals surface area contributed by atoms with Crippen molar-refractivity contribution in [2.45, 2.75) is 13.5 Å². The molecule has 0 radical (unpaired) electrons. The van der Waals surface area contributed by atoms with Gasteiger partial charge in [-0.3, -0.25) is 14.4 Å². The first-order chi connectivity index (χ1) is 10.5. The molecule has 2 rings (SSSR count). The van der Waals surface area contributed by atoms with Crippen LogP contribution < -0.4 is 16.6 Å². The van der Waals surface area contributed by atoms with Crippen molar-refractivity contribution >= 4 is 11.8 Å². The molecule has 0 unspecified atom stereocenters. The van der Waals surface area contributed by atoms with E-state index in [0.29, 0.717) is 5.69 Å². The van der Waals surface area contributed by atoms with Crippen molar-refractivity contribution in [3.05, 3.63) is 52.3 Å². The summed E-state index contributed by atoms with van der Waals surface area (Å²) in [7, 11) is 0.